The summed E-state index contributed by atoms with van der Waals surface area (Å²) in [5.74, 6) is 1.23. The van der Waals surface area contributed by atoms with E-state index < -0.39 is 6.10 Å². The first-order valence-electron chi connectivity index (χ1n) is 9.91. The molecule has 0 aliphatic heterocycles. The highest BCUT2D eigenvalue weighted by atomic mass is 16.5. The number of amides is 1. The molecule has 0 spiro atoms. The Kier molecular flexibility index (Phi) is 5.95. The van der Waals surface area contributed by atoms with E-state index in [1.165, 1.54) is 0 Å². The average molecular weight is 397 g/mol. The summed E-state index contributed by atoms with van der Waals surface area (Å²) in [6.07, 6.45) is -0.634. The van der Waals surface area contributed by atoms with Crippen molar-refractivity contribution in [1.29, 1.82) is 0 Å². The molecule has 0 aromatic heterocycles. The van der Waals surface area contributed by atoms with Gasteiger partial charge in [-0.05, 0) is 48.2 Å². The Morgan fingerprint density at radius 2 is 1.53 bits per heavy atom. The number of benzene rings is 4. The normalized spacial score (nSPS) is 11.6. The Balaban J connectivity index is 1.35. The number of hydrogen-bond donors (Lipinski definition) is 1. The van der Waals surface area contributed by atoms with Crippen molar-refractivity contribution in [2.75, 3.05) is 5.32 Å². The quantitative estimate of drug-likeness (QED) is 0.427. The number of anilines is 1. The van der Waals surface area contributed by atoms with E-state index in [1.807, 2.05) is 97.1 Å². The van der Waals surface area contributed by atoms with E-state index in [9.17, 15) is 4.79 Å². The lowest BCUT2D eigenvalue weighted by Crippen LogP contribution is -2.30. The molecule has 4 heteroatoms. The maximum absolute atomic E-state index is 12.6. The van der Waals surface area contributed by atoms with Crippen molar-refractivity contribution in [2.24, 2.45) is 0 Å². The Morgan fingerprint density at radius 1 is 0.833 bits per heavy atom. The number of hydrogen-bond acceptors (Lipinski definition) is 3. The number of carbonyl (C=O) groups is 1. The van der Waals surface area contributed by atoms with Crippen LogP contribution in [0.3, 0.4) is 0 Å². The smallest absolute Gasteiger partial charge is 0.265 e. The van der Waals surface area contributed by atoms with Gasteiger partial charge in [-0.1, -0.05) is 66.7 Å². The largest absolute Gasteiger partial charge is 0.489 e. The summed E-state index contributed by atoms with van der Waals surface area (Å²) < 4.78 is 11.7. The lowest BCUT2D eigenvalue weighted by molar-refractivity contribution is -0.122. The SMILES string of the molecule is C[C@@H](Oc1cccc2ccccc12)C(=O)Nc1ccc(OCc2ccccc2)cc1. The third kappa shape index (κ3) is 4.78. The summed E-state index contributed by atoms with van der Waals surface area (Å²) in [7, 11) is 0. The van der Waals surface area contributed by atoms with Crippen molar-refractivity contribution < 1.29 is 14.3 Å². The van der Waals surface area contributed by atoms with Crippen molar-refractivity contribution >= 4 is 22.4 Å². The van der Waals surface area contributed by atoms with Crippen LogP contribution in [0.4, 0.5) is 5.69 Å². The van der Waals surface area contributed by atoms with E-state index in [1.54, 1.807) is 6.92 Å². The van der Waals surface area contributed by atoms with Gasteiger partial charge in [-0.2, -0.15) is 0 Å². The zero-order valence-electron chi connectivity index (χ0n) is 16.7. The molecule has 0 heterocycles. The van der Waals surface area contributed by atoms with Gasteiger partial charge in [0.2, 0.25) is 0 Å². The molecule has 0 bridgehead atoms. The van der Waals surface area contributed by atoms with Crippen molar-refractivity contribution in [3.8, 4) is 11.5 Å². The Morgan fingerprint density at radius 3 is 2.33 bits per heavy atom. The molecular weight excluding hydrogens is 374 g/mol. The minimum absolute atomic E-state index is 0.208. The molecule has 30 heavy (non-hydrogen) atoms. The van der Waals surface area contributed by atoms with E-state index in [0.29, 0.717) is 18.0 Å². The summed E-state index contributed by atoms with van der Waals surface area (Å²) in [4.78, 5) is 12.6. The molecule has 0 unspecified atom stereocenters. The van der Waals surface area contributed by atoms with Crippen LogP contribution in [-0.2, 0) is 11.4 Å². The van der Waals surface area contributed by atoms with Gasteiger partial charge in [0, 0.05) is 11.1 Å². The van der Waals surface area contributed by atoms with Gasteiger partial charge in [0.1, 0.15) is 18.1 Å². The number of rotatable bonds is 7. The van der Waals surface area contributed by atoms with Gasteiger partial charge >= 0.3 is 0 Å². The molecule has 1 atom stereocenters. The fraction of sp³-hybridized carbons (Fsp3) is 0.115. The van der Waals surface area contributed by atoms with Crippen molar-refractivity contribution in [2.45, 2.75) is 19.6 Å². The van der Waals surface area contributed by atoms with Gasteiger partial charge < -0.3 is 14.8 Å². The maximum atomic E-state index is 12.6. The Bertz CT molecular complexity index is 1120. The summed E-state index contributed by atoms with van der Waals surface area (Å²) in [5, 5.41) is 4.95. The van der Waals surface area contributed by atoms with E-state index in [4.69, 9.17) is 9.47 Å². The van der Waals surface area contributed by atoms with E-state index in [0.717, 1.165) is 22.1 Å². The highest BCUT2D eigenvalue weighted by Crippen LogP contribution is 2.26. The molecule has 1 amide bonds. The van der Waals surface area contributed by atoms with Crippen LogP contribution in [0.15, 0.2) is 97.1 Å². The first kappa shape index (κ1) is 19.5. The van der Waals surface area contributed by atoms with Crippen LogP contribution in [0.25, 0.3) is 10.8 Å². The fourth-order valence-corrected chi connectivity index (χ4v) is 3.16. The van der Waals surface area contributed by atoms with E-state index in [-0.39, 0.29) is 5.91 Å². The molecule has 0 fully saturated rings. The van der Waals surface area contributed by atoms with Crippen LogP contribution in [-0.4, -0.2) is 12.0 Å². The van der Waals surface area contributed by atoms with Crippen molar-refractivity contribution in [3.05, 3.63) is 103 Å². The average Bonchev–Trinajstić information content (AvgIpc) is 2.79. The van der Waals surface area contributed by atoms with Crippen LogP contribution in [0.1, 0.15) is 12.5 Å². The molecule has 0 saturated carbocycles. The molecule has 4 aromatic carbocycles. The minimum Gasteiger partial charge on any atom is -0.489 e. The van der Waals surface area contributed by atoms with Crippen LogP contribution in [0.5, 0.6) is 11.5 Å². The number of fused-ring (bicyclic) bond motifs is 1. The molecular formula is C26H23NO3. The number of nitrogens with one attached hydrogen (secondary N) is 1. The van der Waals surface area contributed by atoms with Crippen molar-refractivity contribution in [1.82, 2.24) is 0 Å². The van der Waals surface area contributed by atoms with Gasteiger partial charge in [-0.3, -0.25) is 4.79 Å². The second-order valence-electron chi connectivity index (χ2n) is 7.03. The monoisotopic (exact) mass is 397 g/mol. The van der Waals surface area contributed by atoms with Crippen LogP contribution in [0, 0.1) is 0 Å². The zero-order valence-corrected chi connectivity index (χ0v) is 16.7. The third-order valence-corrected chi connectivity index (χ3v) is 4.79. The Labute approximate surface area is 176 Å². The second-order valence-corrected chi connectivity index (χ2v) is 7.03. The van der Waals surface area contributed by atoms with Gasteiger partial charge in [0.15, 0.2) is 6.10 Å². The van der Waals surface area contributed by atoms with Crippen LogP contribution in [0.2, 0.25) is 0 Å². The second kappa shape index (κ2) is 9.14. The van der Waals surface area contributed by atoms with Crippen LogP contribution >= 0.6 is 0 Å². The highest BCUT2D eigenvalue weighted by molar-refractivity contribution is 5.95. The van der Waals surface area contributed by atoms with Gasteiger partial charge in [-0.15, -0.1) is 0 Å². The first-order valence-corrected chi connectivity index (χ1v) is 9.91. The first-order chi connectivity index (χ1) is 14.7. The lowest BCUT2D eigenvalue weighted by Gasteiger charge is -2.16. The predicted molar refractivity (Wildman–Crippen MR) is 120 cm³/mol. The summed E-state index contributed by atoms with van der Waals surface area (Å²) >= 11 is 0. The third-order valence-electron chi connectivity index (χ3n) is 4.79. The number of carbonyl (C=O) groups excluding carboxylic acids is 1. The molecule has 150 valence electrons. The van der Waals surface area contributed by atoms with E-state index in [2.05, 4.69) is 5.32 Å². The van der Waals surface area contributed by atoms with Crippen molar-refractivity contribution in [3.63, 3.8) is 0 Å². The molecule has 4 nitrogen and oxygen atoms in total. The molecule has 0 saturated heterocycles. The standard InChI is InChI=1S/C26H23NO3/c1-19(30-25-13-7-11-21-10-5-6-12-24(21)25)26(28)27-22-14-16-23(17-15-22)29-18-20-8-3-2-4-9-20/h2-17,19H,18H2,1H3,(H,27,28)/t19-/m1/s1. The van der Waals surface area contributed by atoms with Gasteiger partial charge in [-0.25, -0.2) is 0 Å². The summed E-state index contributed by atoms with van der Waals surface area (Å²) in [6.45, 7) is 2.25. The summed E-state index contributed by atoms with van der Waals surface area (Å²) in [6, 6.07) is 31.1. The maximum Gasteiger partial charge on any atom is 0.265 e. The molecule has 4 rings (SSSR count). The van der Waals surface area contributed by atoms with Gasteiger partial charge in [0.25, 0.3) is 5.91 Å². The molecule has 0 radical (unpaired) electrons. The van der Waals surface area contributed by atoms with Crippen LogP contribution < -0.4 is 14.8 Å². The fourth-order valence-electron chi connectivity index (χ4n) is 3.16. The molecule has 1 N–H and O–H groups in total. The highest BCUT2D eigenvalue weighted by Gasteiger charge is 2.16. The molecule has 4 aromatic rings. The lowest BCUT2D eigenvalue weighted by atomic mass is 10.1. The topological polar surface area (TPSA) is 47.6 Å². The van der Waals surface area contributed by atoms with Gasteiger partial charge in [0.05, 0.1) is 0 Å². The Hall–Kier alpha value is -3.79. The summed E-state index contributed by atoms with van der Waals surface area (Å²) in [5.41, 5.74) is 1.80. The van der Waals surface area contributed by atoms with E-state index >= 15 is 0 Å². The molecule has 0 aliphatic carbocycles. The predicted octanol–water partition coefficient (Wildman–Crippen LogP) is 5.82. The molecule has 0 aliphatic rings. The minimum atomic E-state index is -0.634. The number of ether oxygens (including phenoxy) is 2. The zero-order chi connectivity index (χ0) is 20.8.